The number of para-hydroxylation sites is 1. The van der Waals surface area contributed by atoms with Crippen molar-refractivity contribution in [2.75, 3.05) is 45.9 Å². The highest BCUT2D eigenvalue weighted by Gasteiger charge is 2.21. The number of ketones is 1. The fourth-order valence-corrected chi connectivity index (χ4v) is 6.48. The molecule has 0 radical (unpaired) electrons. The van der Waals surface area contributed by atoms with Gasteiger partial charge < -0.3 is 24.3 Å². The Morgan fingerprint density at radius 3 is 2.76 bits per heavy atom. The second kappa shape index (κ2) is 15.5. The van der Waals surface area contributed by atoms with E-state index in [0.29, 0.717) is 25.6 Å². The molecule has 0 amide bonds. The van der Waals surface area contributed by atoms with Gasteiger partial charge in [-0.15, -0.1) is 0 Å². The van der Waals surface area contributed by atoms with Crippen LogP contribution < -0.4 is 10.1 Å². The Hall–Kier alpha value is -2.93. The molecule has 1 fully saturated rings. The number of benzene rings is 1. The molecule has 1 saturated heterocycles. The molecular weight excluding hydrogens is 522 g/mol. The van der Waals surface area contributed by atoms with Crippen LogP contribution in [0.3, 0.4) is 0 Å². The van der Waals surface area contributed by atoms with Crippen molar-refractivity contribution in [3.05, 3.63) is 78.1 Å². The van der Waals surface area contributed by atoms with E-state index >= 15 is 0 Å². The number of carbonyl (C=O) groups is 1. The van der Waals surface area contributed by atoms with Crippen LogP contribution in [0.2, 0.25) is 0 Å². The minimum absolute atomic E-state index is 0.128. The first-order valence-corrected chi connectivity index (χ1v) is 16.1. The van der Waals surface area contributed by atoms with Crippen molar-refractivity contribution in [3.8, 4) is 5.75 Å². The van der Waals surface area contributed by atoms with E-state index in [2.05, 4.69) is 76.5 Å². The van der Waals surface area contributed by atoms with Gasteiger partial charge in [0.2, 0.25) is 0 Å². The van der Waals surface area contributed by atoms with Crippen LogP contribution >= 0.6 is 0 Å². The highest BCUT2D eigenvalue weighted by Crippen LogP contribution is 2.31. The lowest BCUT2D eigenvalue weighted by molar-refractivity contribution is 0.0655. The van der Waals surface area contributed by atoms with Gasteiger partial charge in [0.25, 0.3) is 0 Å². The topological polar surface area (TPSA) is 55.7 Å². The number of hydrogen-bond donors (Lipinski definition) is 1. The SMILES string of the molecule is CCOc1cccc2c(C(=O)CNCC3=CC(C)CC=C3)cn(CCCN3CCC(CCOC4C=CC=CC4)CC3)c12. The second-order valence-corrected chi connectivity index (χ2v) is 12.1. The van der Waals surface area contributed by atoms with Gasteiger partial charge in [0, 0.05) is 36.8 Å². The molecule has 5 rings (SSSR count). The zero-order valence-corrected chi connectivity index (χ0v) is 25.6. The average Bonchev–Trinajstić information content (AvgIpc) is 3.38. The van der Waals surface area contributed by atoms with E-state index < -0.39 is 0 Å². The van der Waals surface area contributed by atoms with Gasteiger partial charge in [0.05, 0.1) is 24.8 Å². The number of aromatic nitrogens is 1. The van der Waals surface area contributed by atoms with E-state index in [0.717, 1.165) is 86.6 Å². The number of nitrogens with one attached hydrogen (secondary N) is 1. The number of allylic oxidation sites excluding steroid dienone is 4. The number of nitrogens with zero attached hydrogens (tertiary/aromatic N) is 2. The summed E-state index contributed by atoms with van der Waals surface area (Å²) in [5.41, 5.74) is 3.08. The first kappa shape index (κ1) is 30.5. The maximum absolute atomic E-state index is 13.4. The molecule has 6 nitrogen and oxygen atoms in total. The quantitative estimate of drug-likeness (QED) is 0.240. The lowest BCUT2D eigenvalue weighted by Gasteiger charge is -2.32. The van der Waals surface area contributed by atoms with Gasteiger partial charge >= 0.3 is 0 Å². The fraction of sp³-hybridized carbons (Fsp3) is 0.528. The molecule has 2 atom stereocenters. The van der Waals surface area contributed by atoms with Crippen LogP contribution in [-0.4, -0.2) is 67.3 Å². The third-order valence-electron chi connectivity index (χ3n) is 8.79. The van der Waals surface area contributed by atoms with E-state index in [-0.39, 0.29) is 11.9 Å². The molecule has 1 aromatic carbocycles. The molecule has 6 heteroatoms. The van der Waals surface area contributed by atoms with Crippen molar-refractivity contribution in [2.45, 2.75) is 65.0 Å². The number of carbonyl (C=O) groups excluding carboxylic acids is 1. The molecule has 0 saturated carbocycles. The maximum atomic E-state index is 13.4. The summed E-state index contributed by atoms with van der Waals surface area (Å²) in [5, 5.41) is 4.36. The molecule has 0 spiro atoms. The number of rotatable bonds is 15. The maximum Gasteiger partial charge on any atom is 0.178 e. The Morgan fingerprint density at radius 1 is 1.10 bits per heavy atom. The normalized spacial score (nSPS) is 21.2. The summed E-state index contributed by atoms with van der Waals surface area (Å²) in [6.07, 6.45) is 24.3. The third kappa shape index (κ3) is 8.33. The lowest BCUT2D eigenvalue weighted by Crippen LogP contribution is -2.35. The molecule has 0 bridgehead atoms. The van der Waals surface area contributed by atoms with Crippen LogP contribution in [-0.2, 0) is 11.3 Å². The summed E-state index contributed by atoms with van der Waals surface area (Å²) in [6.45, 7) is 11.0. The lowest BCUT2D eigenvalue weighted by atomic mass is 9.94. The number of aryl methyl sites for hydroxylation is 1. The molecule has 2 aliphatic carbocycles. The molecule has 2 unspecified atom stereocenters. The molecule has 1 aliphatic heterocycles. The number of hydrogen-bond acceptors (Lipinski definition) is 5. The van der Waals surface area contributed by atoms with E-state index in [9.17, 15) is 4.79 Å². The standard InChI is InChI=1S/C36H49N3O3/c1-3-41-35-15-8-14-32-33(34(40)26-37-25-30-11-7-10-28(2)24-30)27-39(36(32)35)20-9-19-38-21-16-29(17-22-38)18-23-42-31-12-5-4-6-13-31/h4-8,11-12,14-15,24,27-29,31,37H,3,9-10,13,16-23,25-26H2,1-2H3. The molecule has 2 aromatic rings. The molecule has 1 aromatic heterocycles. The first-order chi connectivity index (χ1) is 20.6. The Morgan fingerprint density at radius 2 is 1.98 bits per heavy atom. The number of Topliss-reactive ketones (excluding diaryl/α,β-unsaturated/α-hetero) is 1. The van der Waals surface area contributed by atoms with E-state index in [1.165, 1.54) is 18.4 Å². The Kier molecular flexibility index (Phi) is 11.3. The van der Waals surface area contributed by atoms with Crippen molar-refractivity contribution >= 4 is 16.7 Å². The van der Waals surface area contributed by atoms with Gasteiger partial charge in [0.15, 0.2) is 5.78 Å². The van der Waals surface area contributed by atoms with Crippen LogP contribution in [0, 0.1) is 11.8 Å². The Balaban J connectivity index is 1.12. The van der Waals surface area contributed by atoms with Gasteiger partial charge in [-0.25, -0.2) is 0 Å². The summed E-state index contributed by atoms with van der Waals surface area (Å²) in [4.78, 5) is 16.0. The van der Waals surface area contributed by atoms with Gasteiger partial charge in [-0.1, -0.05) is 61.6 Å². The number of likely N-dealkylation sites (tertiary alicyclic amines) is 1. The van der Waals surface area contributed by atoms with Crippen molar-refractivity contribution in [1.82, 2.24) is 14.8 Å². The average molecular weight is 572 g/mol. The summed E-state index contributed by atoms with van der Waals surface area (Å²) in [6, 6.07) is 6.08. The Bertz CT molecular complexity index is 1300. The third-order valence-corrected chi connectivity index (χ3v) is 8.79. The number of fused-ring (bicyclic) bond motifs is 1. The smallest absolute Gasteiger partial charge is 0.178 e. The molecule has 2 heterocycles. The van der Waals surface area contributed by atoms with E-state index in [4.69, 9.17) is 9.47 Å². The summed E-state index contributed by atoms with van der Waals surface area (Å²) >= 11 is 0. The largest absolute Gasteiger partial charge is 0.492 e. The zero-order valence-electron chi connectivity index (χ0n) is 25.6. The minimum atomic E-state index is 0.128. The van der Waals surface area contributed by atoms with Crippen molar-refractivity contribution in [1.29, 1.82) is 0 Å². The molecule has 1 N–H and O–H groups in total. The highest BCUT2D eigenvalue weighted by atomic mass is 16.5. The van der Waals surface area contributed by atoms with Gasteiger partial charge in [-0.2, -0.15) is 0 Å². The highest BCUT2D eigenvalue weighted by molar-refractivity contribution is 6.10. The van der Waals surface area contributed by atoms with Crippen LogP contribution in [0.15, 0.2) is 72.5 Å². The van der Waals surface area contributed by atoms with Gasteiger partial charge in [-0.05, 0) is 88.6 Å². The van der Waals surface area contributed by atoms with Crippen molar-refractivity contribution < 1.29 is 14.3 Å². The summed E-state index contributed by atoms with van der Waals surface area (Å²) < 4.78 is 14.3. The van der Waals surface area contributed by atoms with Crippen LogP contribution in [0.4, 0.5) is 0 Å². The van der Waals surface area contributed by atoms with Crippen LogP contribution in [0.1, 0.15) is 62.7 Å². The van der Waals surface area contributed by atoms with Crippen molar-refractivity contribution in [2.24, 2.45) is 11.8 Å². The minimum Gasteiger partial charge on any atom is -0.492 e. The van der Waals surface area contributed by atoms with Crippen molar-refractivity contribution in [3.63, 3.8) is 0 Å². The monoisotopic (exact) mass is 571 g/mol. The van der Waals surface area contributed by atoms with E-state index in [1.807, 2.05) is 19.1 Å². The summed E-state index contributed by atoms with van der Waals surface area (Å²) in [5.74, 6) is 2.31. The summed E-state index contributed by atoms with van der Waals surface area (Å²) in [7, 11) is 0. The molecule has 226 valence electrons. The number of ether oxygens (including phenoxy) is 2. The predicted molar refractivity (Wildman–Crippen MR) is 172 cm³/mol. The molecule has 3 aliphatic rings. The fourth-order valence-electron chi connectivity index (χ4n) is 6.48. The van der Waals surface area contributed by atoms with Gasteiger partial charge in [0.1, 0.15) is 5.75 Å². The van der Waals surface area contributed by atoms with Gasteiger partial charge in [-0.3, -0.25) is 4.79 Å². The second-order valence-electron chi connectivity index (χ2n) is 12.1. The first-order valence-electron chi connectivity index (χ1n) is 16.1. The Labute approximate surface area is 252 Å². The van der Waals surface area contributed by atoms with E-state index in [1.54, 1.807) is 0 Å². The molecular formula is C36H49N3O3. The zero-order chi connectivity index (χ0) is 29.1. The van der Waals surface area contributed by atoms with Crippen LogP contribution in [0.25, 0.3) is 10.9 Å². The predicted octanol–water partition coefficient (Wildman–Crippen LogP) is 6.73. The molecule has 42 heavy (non-hydrogen) atoms. The number of piperidine rings is 1. The van der Waals surface area contributed by atoms with Crippen LogP contribution in [0.5, 0.6) is 5.75 Å².